The van der Waals surface area contributed by atoms with Crippen molar-refractivity contribution in [3.8, 4) is 0 Å². The van der Waals surface area contributed by atoms with Gasteiger partial charge in [-0.15, -0.1) is 0 Å². The van der Waals surface area contributed by atoms with Crippen LogP contribution >= 0.6 is 0 Å². The minimum Gasteiger partial charge on any atom is -0.465 e. The summed E-state index contributed by atoms with van der Waals surface area (Å²) in [5.41, 5.74) is 5.64. The van der Waals surface area contributed by atoms with Gasteiger partial charge in [-0.1, -0.05) is 19.3 Å². The van der Waals surface area contributed by atoms with Gasteiger partial charge in [-0.2, -0.15) is 0 Å². The topological polar surface area (TPSA) is 52.3 Å². The molecular weight excluding hydrogens is 154 g/mol. The van der Waals surface area contributed by atoms with Crippen LogP contribution in [0.25, 0.3) is 0 Å². The maximum absolute atomic E-state index is 11.1. The zero-order chi connectivity index (χ0) is 8.97. The Balaban J connectivity index is 2.16. The van der Waals surface area contributed by atoms with Gasteiger partial charge >= 0.3 is 5.97 Å². The van der Waals surface area contributed by atoms with Gasteiger partial charge in [0, 0.05) is 0 Å². The fraction of sp³-hybridized carbons (Fsp3) is 0.889. The lowest BCUT2D eigenvalue weighted by Gasteiger charge is -2.27. The van der Waals surface area contributed by atoms with Crippen LogP contribution < -0.4 is 5.73 Å². The Morgan fingerprint density at radius 2 is 2.33 bits per heavy atom. The van der Waals surface area contributed by atoms with E-state index in [0.717, 1.165) is 6.42 Å². The molecule has 0 aromatic rings. The van der Waals surface area contributed by atoms with Gasteiger partial charge < -0.3 is 10.5 Å². The first-order chi connectivity index (χ1) is 5.74. The van der Waals surface area contributed by atoms with E-state index in [-0.39, 0.29) is 5.97 Å². The Morgan fingerprint density at radius 1 is 1.67 bits per heavy atom. The number of nitrogens with two attached hydrogens (primary N) is 1. The predicted octanol–water partition coefficient (Wildman–Crippen LogP) is 1.07. The second-order valence-electron chi connectivity index (χ2n) is 3.39. The van der Waals surface area contributed by atoms with E-state index in [4.69, 9.17) is 10.5 Å². The van der Waals surface area contributed by atoms with Gasteiger partial charge in [-0.05, 0) is 19.3 Å². The first-order valence-electron chi connectivity index (χ1n) is 4.66. The van der Waals surface area contributed by atoms with E-state index in [2.05, 4.69) is 0 Å². The first-order valence-corrected chi connectivity index (χ1v) is 4.66. The lowest BCUT2D eigenvalue weighted by molar-refractivity contribution is -0.145. The monoisotopic (exact) mass is 171 g/mol. The van der Waals surface area contributed by atoms with Crippen molar-refractivity contribution in [1.29, 1.82) is 0 Å². The van der Waals surface area contributed by atoms with Crippen molar-refractivity contribution in [3.63, 3.8) is 0 Å². The molecule has 0 aliphatic heterocycles. The number of hydrogen-bond acceptors (Lipinski definition) is 3. The molecule has 0 bridgehead atoms. The lowest BCUT2D eigenvalue weighted by Crippen LogP contribution is -2.35. The van der Waals surface area contributed by atoms with Crippen LogP contribution in [0.15, 0.2) is 0 Å². The molecule has 0 heterocycles. The van der Waals surface area contributed by atoms with Crippen molar-refractivity contribution >= 4 is 5.97 Å². The van der Waals surface area contributed by atoms with E-state index < -0.39 is 6.04 Å². The average Bonchev–Trinajstić information content (AvgIpc) is 1.97. The number of ether oxygens (including phenoxy) is 1. The normalized spacial score (nSPS) is 19.8. The Morgan fingerprint density at radius 3 is 2.75 bits per heavy atom. The van der Waals surface area contributed by atoms with Crippen LogP contribution in [0.4, 0.5) is 0 Å². The molecule has 70 valence electrons. The Labute approximate surface area is 73.3 Å². The second kappa shape index (κ2) is 4.45. The third-order valence-electron chi connectivity index (χ3n) is 2.40. The van der Waals surface area contributed by atoms with Crippen molar-refractivity contribution in [2.75, 3.05) is 6.61 Å². The summed E-state index contributed by atoms with van der Waals surface area (Å²) in [4.78, 5) is 11.1. The Bertz CT molecular complexity index is 155. The molecule has 1 saturated carbocycles. The van der Waals surface area contributed by atoms with Crippen molar-refractivity contribution in [3.05, 3.63) is 0 Å². The molecule has 0 saturated heterocycles. The molecule has 0 aromatic carbocycles. The zero-order valence-electron chi connectivity index (χ0n) is 7.58. The van der Waals surface area contributed by atoms with E-state index in [1.54, 1.807) is 6.92 Å². The molecule has 3 heteroatoms. The number of carbonyl (C=O) groups excluding carboxylic acids is 1. The molecule has 12 heavy (non-hydrogen) atoms. The average molecular weight is 171 g/mol. The molecule has 1 aliphatic rings. The molecule has 0 amide bonds. The van der Waals surface area contributed by atoms with Gasteiger partial charge in [-0.25, -0.2) is 0 Å². The highest BCUT2D eigenvalue weighted by Gasteiger charge is 2.24. The summed E-state index contributed by atoms with van der Waals surface area (Å²) in [5, 5.41) is 0. The minimum atomic E-state index is -0.393. The van der Waals surface area contributed by atoms with Gasteiger partial charge in [0.2, 0.25) is 0 Å². The molecule has 1 rings (SSSR count). The van der Waals surface area contributed by atoms with Crippen LogP contribution in [0.1, 0.15) is 32.6 Å². The summed E-state index contributed by atoms with van der Waals surface area (Å²) in [6.07, 6.45) is 4.55. The molecule has 0 unspecified atom stereocenters. The highest BCUT2D eigenvalue weighted by molar-refractivity contribution is 5.75. The van der Waals surface area contributed by atoms with E-state index in [0.29, 0.717) is 12.5 Å². The first kappa shape index (κ1) is 9.52. The minimum absolute atomic E-state index is 0.246. The van der Waals surface area contributed by atoms with Crippen molar-refractivity contribution in [2.45, 2.75) is 38.6 Å². The molecule has 0 radical (unpaired) electrons. The third-order valence-corrected chi connectivity index (χ3v) is 2.40. The van der Waals surface area contributed by atoms with Crippen molar-refractivity contribution in [2.24, 2.45) is 11.7 Å². The molecule has 1 atom stereocenters. The Kier molecular flexibility index (Phi) is 3.53. The van der Waals surface area contributed by atoms with Gasteiger partial charge in [0.05, 0.1) is 6.61 Å². The van der Waals surface area contributed by atoms with Gasteiger partial charge in [0.15, 0.2) is 0 Å². The van der Waals surface area contributed by atoms with Crippen LogP contribution in [0.3, 0.4) is 0 Å². The van der Waals surface area contributed by atoms with E-state index >= 15 is 0 Å². The third kappa shape index (κ3) is 2.48. The van der Waals surface area contributed by atoms with Gasteiger partial charge in [0.1, 0.15) is 6.04 Å². The van der Waals surface area contributed by atoms with Crippen LogP contribution in [0.5, 0.6) is 0 Å². The summed E-state index contributed by atoms with van der Waals surface area (Å²) in [6.45, 7) is 2.23. The highest BCUT2D eigenvalue weighted by atomic mass is 16.5. The zero-order valence-corrected chi connectivity index (χ0v) is 7.58. The standard InChI is InChI=1S/C9H17NO2/c1-2-12-9(11)8(10)6-7-4-3-5-7/h7-8H,2-6,10H2,1H3/t8-/m1/s1. The van der Waals surface area contributed by atoms with Crippen LogP contribution in [0, 0.1) is 5.92 Å². The summed E-state index contributed by atoms with van der Waals surface area (Å²) >= 11 is 0. The molecule has 1 aliphatic carbocycles. The summed E-state index contributed by atoms with van der Waals surface area (Å²) in [7, 11) is 0. The van der Waals surface area contributed by atoms with Gasteiger partial charge in [-0.3, -0.25) is 4.79 Å². The van der Waals surface area contributed by atoms with Crippen LogP contribution in [0.2, 0.25) is 0 Å². The van der Waals surface area contributed by atoms with Crippen molar-refractivity contribution < 1.29 is 9.53 Å². The molecule has 1 fully saturated rings. The lowest BCUT2D eigenvalue weighted by atomic mass is 9.81. The van der Waals surface area contributed by atoms with Gasteiger partial charge in [0.25, 0.3) is 0 Å². The predicted molar refractivity (Wildman–Crippen MR) is 46.6 cm³/mol. The highest BCUT2D eigenvalue weighted by Crippen LogP contribution is 2.30. The maximum atomic E-state index is 11.1. The molecule has 0 aromatic heterocycles. The molecule has 2 N–H and O–H groups in total. The summed E-state index contributed by atoms with van der Waals surface area (Å²) in [6, 6.07) is -0.393. The number of carbonyl (C=O) groups is 1. The molecular formula is C9H17NO2. The van der Waals surface area contributed by atoms with E-state index in [1.165, 1.54) is 19.3 Å². The number of rotatable bonds is 4. The second-order valence-corrected chi connectivity index (χ2v) is 3.39. The van der Waals surface area contributed by atoms with E-state index in [1.807, 2.05) is 0 Å². The summed E-state index contributed by atoms with van der Waals surface area (Å²) < 4.78 is 4.81. The maximum Gasteiger partial charge on any atom is 0.322 e. The smallest absolute Gasteiger partial charge is 0.322 e. The van der Waals surface area contributed by atoms with Crippen LogP contribution in [-0.2, 0) is 9.53 Å². The molecule has 3 nitrogen and oxygen atoms in total. The molecule has 0 spiro atoms. The Hall–Kier alpha value is -0.570. The van der Waals surface area contributed by atoms with Crippen LogP contribution in [-0.4, -0.2) is 18.6 Å². The fourth-order valence-electron chi connectivity index (χ4n) is 1.43. The fourth-order valence-corrected chi connectivity index (χ4v) is 1.43. The quantitative estimate of drug-likeness (QED) is 0.644. The van der Waals surface area contributed by atoms with E-state index in [9.17, 15) is 4.79 Å². The number of hydrogen-bond donors (Lipinski definition) is 1. The number of esters is 1. The van der Waals surface area contributed by atoms with Crippen molar-refractivity contribution in [1.82, 2.24) is 0 Å². The SMILES string of the molecule is CCOC(=O)[C@H](N)CC1CCC1. The largest absolute Gasteiger partial charge is 0.465 e. The summed E-state index contributed by atoms with van der Waals surface area (Å²) in [5.74, 6) is 0.425.